The third-order valence-corrected chi connectivity index (χ3v) is 4.92. The van der Waals surface area contributed by atoms with Crippen molar-refractivity contribution in [2.24, 2.45) is 5.92 Å². The minimum atomic E-state index is -1.01. The van der Waals surface area contributed by atoms with Gasteiger partial charge in [-0.3, -0.25) is 14.4 Å². The fourth-order valence-corrected chi connectivity index (χ4v) is 3.44. The van der Waals surface area contributed by atoms with Crippen molar-refractivity contribution in [3.63, 3.8) is 0 Å². The lowest BCUT2D eigenvalue weighted by molar-refractivity contribution is -0.149. The predicted octanol–water partition coefficient (Wildman–Crippen LogP) is 1.53. The Morgan fingerprint density at radius 1 is 1.38 bits per heavy atom. The Morgan fingerprint density at radius 2 is 2.15 bits per heavy atom. The van der Waals surface area contributed by atoms with E-state index in [4.69, 9.17) is 21.4 Å². The van der Waals surface area contributed by atoms with Gasteiger partial charge in [-0.1, -0.05) is 11.6 Å². The van der Waals surface area contributed by atoms with E-state index in [0.717, 1.165) is 6.07 Å². The first-order valence-electron chi connectivity index (χ1n) is 8.22. The summed E-state index contributed by atoms with van der Waals surface area (Å²) in [7, 11) is 0. The van der Waals surface area contributed by atoms with E-state index in [0.29, 0.717) is 12.3 Å². The van der Waals surface area contributed by atoms with Crippen LogP contribution in [0.4, 0.5) is 10.1 Å². The molecule has 0 bridgehead atoms. The second-order valence-corrected chi connectivity index (χ2v) is 6.77. The van der Waals surface area contributed by atoms with Crippen LogP contribution in [0, 0.1) is 11.7 Å². The third-order valence-electron chi connectivity index (χ3n) is 4.61. The maximum absolute atomic E-state index is 13.7. The van der Waals surface area contributed by atoms with Gasteiger partial charge >= 0.3 is 5.97 Å². The Morgan fingerprint density at radius 3 is 2.85 bits per heavy atom. The molecular formula is C17H18ClFN2O5. The number of morpholine rings is 1. The number of carboxylic acid groups (broad SMARTS) is 1. The molecule has 140 valence electrons. The summed E-state index contributed by atoms with van der Waals surface area (Å²) in [5.41, 5.74) is 0.344. The Labute approximate surface area is 154 Å². The van der Waals surface area contributed by atoms with Crippen LogP contribution in [0.1, 0.15) is 12.8 Å². The minimum absolute atomic E-state index is 0.000226. The van der Waals surface area contributed by atoms with Crippen LogP contribution in [0.3, 0.4) is 0 Å². The second-order valence-electron chi connectivity index (χ2n) is 6.36. The molecule has 1 aromatic carbocycles. The molecule has 1 aromatic rings. The quantitative estimate of drug-likeness (QED) is 0.850. The normalized spacial score (nSPS) is 23.4. The van der Waals surface area contributed by atoms with Crippen LogP contribution < -0.4 is 4.90 Å². The first kappa shape index (κ1) is 18.6. The molecule has 2 atom stereocenters. The van der Waals surface area contributed by atoms with Gasteiger partial charge in [0.2, 0.25) is 11.8 Å². The zero-order valence-corrected chi connectivity index (χ0v) is 14.6. The summed E-state index contributed by atoms with van der Waals surface area (Å²) >= 11 is 5.66. The molecule has 2 unspecified atom stereocenters. The molecule has 0 aromatic heterocycles. The summed E-state index contributed by atoms with van der Waals surface area (Å²) < 4.78 is 18.9. The highest BCUT2D eigenvalue weighted by atomic mass is 35.5. The number of carboxylic acids is 1. The summed E-state index contributed by atoms with van der Waals surface area (Å²) in [6.45, 7) is 0.895. The van der Waals surface area contributed by atoms with E-state index in [1.807, 2.05) is 0 Å². The average Bonchev–Trinajstić information content (AvgIpc) is 2.98. The van der Waals surface area contributed by atoms with Crippen molar-refractivity contribution in [1.82, 2.24) is 4.90 Å². The van der Waals surface area contributed by atoms with Gasteiger partial charge in [-0.05, 0) is 18.2 Å². The van der Waals surface area contributed by atoms with E-state index in [2.05, 4.69) is 0 Å². The van der Waals surface area contributed by atoms with Crippen LogP contribution in [0.2, 0.25) is 5.02 Å². The Kier molecular flexibility index (Phi) is 5.43. The maximum atomic E-state index is 13.7. The highest BCUT2D eigenvalue weighted by Crippen LogP contribution is 2.29. The topological polar surface area (TPSA) is 87.1 Å². The number of benzene rings is 1. The number of aliphatic carboxylic acids is 1. The Hall–Kier alpha value is -2.19. The Balaban J connectivity index is 1.73. The zero-order valence-electron chi connectivity index (χ0n) is 13.9. The molecule has 2 saturated heterocycles. The minimum Gasteiger partial charge on any atom is -0.481 e. The van der Waals surface area contributed by atoms with Crippen molar-refractivity contribution >= 4 is 35.1 Å². The third kappa shape index (κ3) is 3.81. The van der Waals surface area contributed by atoms with Crippen LogP contribution in [0.25, 0.3) is 0 Å². The van der Waals surface area contributed by atoms with Gasteiger partial charge in [0.15, 0.2) is 0 Å². The summed E-state index contributed by atoms with van der Waals surface area (Å²) in [5, 5.41) is 8.97. The van der Waals surface area contributed by atoms with Gasteiger partial charge in [-0.15, -0.1) is 0 Å². The molecule has 0 spiro atoms. The van der Waals surface area contributed by atoms with E-state index in [1.165, 1.54) is 21.9 Å². The summed E-state index contributed by atoms with van der Waals surface area (Å²) in [6, 6.07) is 3.50. The lowest BCUT2D eigenvalue weighted by Gasteiger charge is -2.36. The number of nitrogens with zero attached hydrogens (tertiary/aromatic N) is 2. The van der Waals surface area contributed by atoms with E-state index < -0.39 is 23.7 Å². The molecule has 3 rings (SSSR count). The van der Waals surface area contributed by atoms with Crippen molar-refractivity contribution in [2.45, 2.75) is 18.9 Å². The van der Waals surface area contributed by atoms with E-state index in [9.17, 15) is 18.8 Å². The molecule has 2 fully saturated rings. The van der Waals surface area contributed by atoms with Crippen LogP contribution in [-0.4, -0.2) is 60.1 Å². The first-order valence-corrected chi connectivity index (χ1v) is 8.60. The number of halogens is 2. The maximum Gasteiger partial charge on any atom is 0.305 e. The van der Waals surface area contributed by atoms with E-state index >= 15 is 0 Å². The van der Waals surface area contributed by atoms with Gasteiger partial charge in [0.25, 0.3) is 0 Å². The van der Waals surface area contributed by atoms with Gasteiger partial charge in [0.1, 0.15) is 5.82 Å². The SMILES string of the molecule is O=C(O)CC1COCCN1C(=O)C1CC(=O)N(c2ccc(Cl)c(F)c2)C1. The number of ether oxygens (including phenoxy) is 1. The molecule has 9 heteroatoms. The van der Waals surface area contributed by atoms with Crippen molar-refractivity contribution < 1.29 is 28.6 Å². The lowest BCUT2D eigenvalue weighted by atomic mass is 10.0. The van der Waals surface area contributed by atoms with E-state index in [-0.39, 0.29) is 49.4 Å². The van der Waals surface area contributed by atoms with Gasteiger partial charge in [-0.25, -0.2) is 4.39 Å². The van der Waals surface area contributed by atoms with Crippen molar-refractivity contribution in [2.75, 3.05) is 31.2 Å². The van der Waals surface area contributed by atoms with Crippen molar-refractivity contribution in [1.29, 1.82) is 0 Å². The van der Waals surface area contributed by atoms with Crippen molar-refractivity contribution in [3.8, 4) is 0 Å². The zero-order chi connectivity index (χ0) is 18.8. The largest absolute Gasteiger partial charge is 0.481 e. The molecule has 2 aliphatic heterocycles. The van der Waals surface area contributed by atoms with Crippen LogP contribution in [0.15, 0.2) is 18.2 Å². The molecule has 0 saturated carbocycles. The van der Waals surface area contributed by atoms with Crippen LogP contribution in [-0.2, 0) is 19.1 Å². The average molecular weight is 385 g/mol. The van der Waals surface area contributed by atoms with Crippen molar-refractivity contribution in [3.05, 3.63) is 29.0 Å². The van der Waals surface area contributed by atoms with Gasteiger partial charge < -0.3 is 19.6 Å². The highest BCUT2D eigenvalue weighted by molar-refractivity contribution is 6.30. The molecule has 0 radical (unpaired) electrons. The molecule has 26 heavy (non-hydrogen) atoms. The standard InChI is InChI=1S/C17H18ClFN2O5/c18-13-2-1-11(6-14(13)19)21-8-10(5-15(21)22)17(25)20-3-4-26-9-12(20)7-16(23)24/h1-2,6,10,12H,3-5,7-9H2,(H,23,24). The number of carbonyl (C=O) groups is 3. The van der Waals surface area contributed by atoms with Gasteiger partial charge in [0.05, 0.1) is 36.6 Å². The van der Waals surface area contributed by atoms with Gasteiger partial charge in [0, 0.05) is 25.2 Å². The summed E-state index contributed by atoms with van der Waals surface area (Å²) in [4.78, 5) is 39.0. The number of carbonyl (C=O) groups excluding carboxylic acids is 2. The van der Waals surface area contributed by atoms with Gasteiger partial charge in [-0.2, -0.15) is 0 Å². The number of amides is 2. The monoisotopic (exact) mass is 384 g/mol. The molecule has 2 aliphatic rings. The molecule has 1 N–H and O–H groups in total. The molecule has 0 aliphatic carbocycles. The highest BCUT2D eigenvalue weighted by Gasteiger charge is 2.40. The fourth-order valence-electron chi connectivity index (χ4n) is 3.33. The number of hydrogen-bond donors (Lipinski definition) is 1. The summed E-state index contributed by atoms with van der Waals surface area (Å²) in [5.74, 6) is -2.81. The molecule has 7 nitrogen and oxygen atoms in total. The van der Waals surface area contributed by atoms with Crippen LogP contribution >= 0.6 is 11.6 Å². The fraction of sp³-hybridized carbons (Fsp3) is 0.471. The molecular weight excluding hydrogens is 367 g/mol. The summed E-state index contributed by atoms with van der Waals surface area (Å²) in [6.07, 6.45) is -0.210. The Bertz CT molecular complexity index is 744. The molecule has 2 amide bonds. The predicted molar refractivity (Wildman–Crippen MR) is 90.4 cm³/mol. The molecule has 2 heterocycles. The smallest absolute Gasteiger partial charge is 0.305 e. The first-order chi connectivity index (χ1) is 12.4. The number of anilines is 1. The number of hydrogen-bond acceptors (Lipinski definition) is 4. The van der Waals surface area contributed by atoms with Crippen LogP contribution in [0.5, 0.6) is 0 Å². The lowest BCUT2D eigenvalue weighted by Crippen LogP contribution is -2.51. The second kappa shape index (κ2) is 7.59. The number of rotatable bonds is 4. The van der Waals surface area contributed by atoms with E-state index in [1.54, 1.807) is 0 Å².